The van der Waals surface area contributed by atoms with Crippen LogP contribution in [-0.2, 0) is 13.0 Å². The second-order valence-electron chi connectivity index (χ2n) is 6.62. The first-order valence-corrected chi connectivity index (χ1v) is 8.49. The van der Waals surface area contributed by atoms with Crippen molar-refractivity contribution in [2.45, 2.75) is 32.9 Å². The number of carbonyl (C=O) groups is 1. The molecular formula is C19H25N3O2. The number of nitrogens with two attached hydrogens (primary N) is 1. The van der Waals surface area contributed by atoms with Gasteiger partial charge in [-0.25, -0.2) is 0 Å². The van der Waals surface area contributed by atoms with Crippen molar-refractivity contribution in [2.75, 3.05) is 18.0 Å². The number of fused-ring (bicyclic) bond motifs is 1. The normalized spacial score (nSPS) is 17.6. The predicted octanol–water partition coefficient (Wildman–Crippen LogP) is 2.56. The molecule has 0 radical (unpaired) electrons. The van der Waals surface area contributed by atoms with E-state index in [4.69, 9.17) is 10.2 Å². The summed E-state index contributed by atoms with van der Waals surface area (Å²) >= 11 is 0. The Labute approximate surface area is 142 Å². The topological polar surface area (TPSA) is 71.5 Å². The van der Waals surface area contributed by atoms with E-state index in [0.717, 1.165) is 6.42 Å². The van der Waals surface area contributed by atoms with E-state index in [9.17, 15) is 4.79 Å². The fourth-order valence-corrected chi connectivity index (χ4v) is 3.14. The van der Waals surface area contributed by atoms with Gasteiger partial charge in [-0.05, 0) is 43.5 Å². The van der Waals surface area contributed by atoms with Gasteiger partial charge in [0.05, 0.1) is 18.4 Å². The number of amides is 1. The lowest BCUT2D eigenvalue weighted by Gasteiger charge is -2.24. The molecule has 2 unspecified atom stereocenters. The Morgan fingerprint density at radius 2 is 2.21 bits per heavy atom. The molecule has 0 saturated carbocycles. The fourth-order valence-electron chi connectivity index (χ4n) is 3.14. The highest BCUT2D eigenvalue weighted by atomic mass is 16.3. The lowest BCUT2D eigenvalue weighted by molar-refractivity contribution is 0.0946. The first-order valence-electron chi connectivity index (χ1n) is 8.49. The minimum Gasteiger partial charge on any atom is -0.467 e. The van der Waals surface area contributed by atoms with Crippen molar-refractivity contribution in [1.82, 2.24) is 5.32 Å². The predicted molar refractivity (Wildman–Crippen MR) is 95.1 cm³/mol. The number of carbonyl (C=O) groups excluding carboxylic acids is 1. The highest BCUT2D eigenvalue weighted by Gasteiger charge is 2.27. The van der Waals surface area contributed by atoms with E-state index in [0.29, 0.717) is 37.0 Å². The molecular weight excluding hydrogens is 302 g/mol. The second-order valence-corrected chi connectivity index (χ2v) is 6.62. The maximum Gasteiger partial charge on any atom is 0.254 e. The molecule has 3 rings (SSSR count). The van der Waals surface area contributed by atoms with Crippen LogP contribution in [0.15, 0.2) is 41.0 Å². The summed E-state index contributed by atoms with van der Waals surface area (Å²) in [6.45, 7) is 5.94. The summed E-state index contributed by atoms with van der Waals surface area (Å²) in [6.07, 6.45) is 2.61. The number of hydrogen-bond acceptors (Lipinski definition) is 4. The molecule has 0 bridgehead atoms. The van der Waals surface area contributed by atoms with Crippen molar-refractivity contribution in [3.8, 4) is 0 Å². The molecule has 2 heterocycles. The number of hydrogen-bond donors (Lipinski definition) is 2. The number of benzene rings is 1. The van der Waals surface area contributed by atoms with Gasteiger partial charge in [0.2, 0.25) is 0 Å². The Morgan fingerprint density at radius 1 is 1.42 bits per heavy atom. The van der Waals surface area contributed by atoms with Crippen LogP contribution in [0.2, 0.25) is 0 Å². The van der Waals surface area contributed by atoms with Crippen molar-refractivity contribution < 1.29 is 9.21 Å². The van der Waals surface area contributed by atoms with E-state index < -0.39 is 0 Å². The summed E-state index contributed by atoms with van der Waals surface area (Å²) in [5.41, 5.74) is 8.78. The van der Waals surface area contributed by atoms with Crippen LogP contribution in [-0.4, -0.2) is 25.0 Å². The highest BCUT2D eigenvalue weighted by Crippen LogP contribution is 2.33. The minimum absolute atomic E-state index is 0.0980. The summed E-state index contributed by atoms with van der Waals surface area (Å²) in [6, 6.07) is 10.5. The van der Waals surface area contributed by atoms with Crippen LogP contribution in [0.4, 0.5) is 5.69 Å². The van der Waals surface area contributed by atoms with Gasteiger partial charge in [-0.3, -0.25) is 4.79 Å². The van der Waals surface area contributed by atoms with Crippen LogP contribution < -0.4 is 16.0 Å². The van der Waals surface area contributed by atoms with Gasteiger partial charge < -0.3 is 20.4 Å². The zero-order chi connectivity index (χ0) is 17.1. The molecule has 5 nitrogen and oxygen atoms in total. The molecule has 24 heavy (non-hydrogen) atoms. The average molecular weight is 327 g/mol. The van der Waals surface area contributed by atoms with E-state index in [1.54, 1.807) is 12.3 Å². The number of anilines is 1. The first-order chi connectivity index (χ1) is 11.6. The number of furan rings is 1. The molecule has 3 N–H and O–H groups in total. The average Bonchev–Trinajstić information content (AvgIpc) is 3.17. The van der Waals surface area contributed by atoms with Crippen LogP contribution in [0.25, 0.3) is 0 Å². The lowest BCUT2D eigenvalue weighted by atomic mass is 10.1. The molecule has 1 aromatic heterocycles. The number of rotatable bonds is 6. The maximum atomic E-state index is 12.4. The monoisotopic (exact) mass is 327 g/mol. The van der Waals surface area contributed by atoms with E-state index in [1.807, 2.05) is 13.0 Å². The summed E-state index contributed by atoms with van der Waals surface area (Å²) in [7, 11) is 0. The summed E-state index contributed by atoms with van der Waals surface area (Å²) in [4.78, 5) is 14.7. The molecule has 1 amide bonds. The Balaban J connectivity index is 1.73. The van der Waals surface area contributed by atoms with Crippen molar-refractivity contribution in [1.29, 1.82) is 0 Å². The maximum absolute atomic E-state index is 12.4. The van der Waals surface area contributed by atoms with Crippen molar-refractivity contribution in [3.05, 3.63) is 53.5 Å². The Kier molecular flexibility index (Phi) is 4.90. The fraction of sp³-hybridized carbons (Fsp3) is 0.421. The molecule has 1 aliphatic heterocycles. The van der Waals surface area contributed by atoms with Crippen molar-refractivity contribution >= 4 is 11.6 Å². The molecule has 1 aromatic carbocycles. The number of nitrogens with one attached hydrogen (secondary N) is 1. The Bertz CT molecular complexity index is 710. The largest absolute Gasteiger partial charge is 0.467 e. The molecule has 0 fully saturated rings. The zero-order valence-corrected chi connectivity index (χ0v) is 14.3. The Hall–Kier alpha value is -2.27. The molecule has 1 aliphatic rings. The molecule has 0 aliphatic carbocycles. The smallest absolute Gasteiger partial charge is 0.254 e. The van der Waals surface area contributed by atoms with Crippen molar-refractivity contribution in [3.63, 3.8) is 0 Å². The molecule has 128 valence electrons. The van der Waals surface area contributed by atoms with Crippen LogP contribution in [0, 0.1) is 5.92 Å². The Morgan fingerprint density at radius 3 is 3.00 bits per heavy atom. The van der Waals surface area contributed by atoms with Gasteiger partial charge in [-0.1, -0.05) is 25.1 Å². The molecule has 2 atom stereocenters. The van der Waals surface area contributed by atoms with Gasteiger partial charge in [-0.15, -0.1) is 0 Å². The minimum atomic E-state index is -0.0980. The summed E-state index contributed by atoms with van der Waals surface area (Å²) < 4.78 is 5.62. The van der Waals surface area contributed by atoms with E-state index in [2.05, 4.69) is 35.3 Å². The van der Waals surface area contributed by atoms with E-state index >= 15 is 0 Å². The second kappa shape index (κ2) is 7.09. The lowest BCUT2D eigenvalue weighted by Crippen LogP contribution is -2.33. The molecule has 0 spiro atoms. The number of para-hydroxylation sites is 1. The van der Waals surface area contributed by atoms with E-state index in [1.165, 1.54) is 11.3 Å². The van der Waals surface area contributed by atoms with Gasteiger partial charge >= 0.3 is 0 Å². The molecule has 2 aromatic rings. The van der Waals surface area contributed by atoms with Gasteiger partial charge in [-0.2, -0.15) is 0 Å². The van der Waals surface area contributed by atoms with E-state index in [-0.39, 0.29) is 11.8 Å². The summed E-state index contributed by atoms with van der Waals surface area (Å²) in [5, 5.41) is 2.93. The van der Waals surface area contributed by atoms with Gasteiger partial charge in [0.1, 0.15) is 5.76 Å². The third-order valence-corrected chi connectivity index (χ3v) is 4.67. The SMILES string of the molecule is CC(CN)CNC(=O)c1ccoc1CN1c2ccccc2CC1C. The molecule has 0 saturated heterocycles. The van der Waals surface area contributed by atoms with Crippen LogP contribution in [0.1, 0.15) is 35.5 Å². The van der Waals surface area contributed by atoms with Gasteiger partial charge in [0.25, 0.3) is 5.91 Å². The van der Waals surface area contributed by atoms with Crippen molar-refractivity contribution in [2.24, 2.45) is 11.7 Å². The van der Waals surface area contributed by atoms with Gasteiger partial charge in [0, 0.05) is 18.3 Å². The summed E-state index contributed by atoms with van der Waals surface area (Å²) in [5.74, 6) is 0.866. The first kappa shape index (κ1) is 16.6. The van der Waals surface area contributed by atoms with Crippen LogP contribution in [0.5, 0.6) is 0 Å². The van der Waals surface area contributed by atoms with Gasteiger partial charge in [0.15, 0.2) is 0 Å². The number of nitrogens with zero attached hydrogens (tertiary/aromatic N) is 1. The third-order valence-electron chi connectivity index (χ3n) is 4.67. The quantitative estimate of drug-likeness (QED) is 0.855. The standard InChI is InChI=1S/C19H25N3O2/c1-13(10-20)11-21-19(23)16-7-8-24-18(16)12-22-14(2)9-15-5-3-4-6-17(15)22/h3-8,13-14H,9-12,20H2,1-2H3,(H,21,23). The zero-order valence-electron chi connectivity index (χ0n) is 14.3. The highest BCUT2D eigenvalue weighted by molar-refractivity contribution is 5.95. The molecule has 5 heteroatoms. The van der Waals surface area contributed by atoms with Crippen LogP contribution in [0.3, 0.4) is 0 Å². The van der Waals surface area contributed by atoms with Crippen LogP contribution >= 0.6 is 0 Å². The third kappa shape index (κ3) is 3.31.